The molecule has 3 aliphatic rings. The van der Waals surface area contributed by atoms with Crippen LogP contribution in [0.1, 0.15) is 58.8 Å². The maximum atomic E-state index is 12.9. The van der Waals surface area contributed by atoms with Crippen LogP contribution in [0.2, 0.25) is 0 Å². The summed E-state index contributed by atoms with van der Waals surface area (Å²) in [5.41, 5.74) is 0. The molecular formula is C19H34ClN3O2. The molecule has 2 aliphatic heterocycles. The number of rotatable bonds is 4. The minimum atomic E-state index is 0. The van der Waals surface area contributed by atoms with Gasteiger partial charge in [-0.1, -0.05) is 26.7 Å². The number of hydrogen-bond donors (Lipinski definition) is 2. The van der Waals surface area contributed by atoms with Crippen LogP contribution in [0.15, 0.2) is 0 Å². The van der Waals surface area contributed by atoms with Crippen molar-refractivity contribution >= 4 is 24.2 Å². The van der Waals surface area contributed by atoms with Gasteiger partial charge < -0.3 is 15.5 Å². The van der Waals surface area contributed by atoms with Crippen LogP contribution in [0.3, 0.4) is 0 Å². The highest BCUT2D eigenvalue weighted by atomic mass is 35.5. The Labute approximate surface area is 158 Å². The molecule has 144 valence electrons. The number of amides is 2. The minimum absolute atomic E-state index is 0. The zero-order chi connectivity index (χ0) is 17.1. The second-order valence-corrected chi connectivity index (χ2v) is 8.30. The topological polar surface area (TPSA) is 61.4 Å². The normalized spacial score (nSPS) is 32.0. The lowest BCUT2D eigenvalue weighted by molar-refractivity contribution is -0.135. The Bertz CT molecular complexity index is 458. The Morgan fingerprint density at radius 3 is 2.64 bits per heavy atom. The fourth-order valence-corrected chi connectivity index (χ4v) is 4.61. The number of carbonyl (C=O) groups is 2. The van der Waals surface area contributed by atoms with Gasteiger partial charge in [0, 0.05) is 31.6 Å². The van der Waals surface area contributed by atoms with Crippen LogP contribution in [0.5, 0.6) is 0 Å². The average molecular weight is 372 g/mol. The van der Waals surface area contributed by atoms with Crippen molar-refractivity contribution in [3.63, 3.8) is 0 Å². The summed E-state index contributed by atoms with van der Waals surface area (Å²) in [5.74, 6) is 1.54. The second kappa shape index (κ2) is 9.22. The molecule has 4 unspecified atom stereocenters. The Morgan fingerprint density at radius 1 is 1.16 bits per heavy atom. The van der Waals surface area contributed by atoms with E-state index in [-0.39, 0.29) is 30.3 Å². The van der Waals surface area contributed by atoms with Gasteiger partial charge in [0.2, 0.25) is 11.8 Å². The van der Waals surface area contributed by atoms with Crippen LogP contribution in [0.25, 0.3) is 0 Å². The summed E-state index contributed by atoms with van der Waals surface area (Å²) in [6.07, 6.45) is 8.32. The number of fused-ring (bicyclic) bond motifs is 1. The van der Waals surface area contributed by atoms with Crippen molar-refractivity contribution in [2.24, 2.45) is 17.8 Å². The van der Waals surface area contributed by atoms with Gasteiger partial charge in [-0.15, -0.1) is 12.4 Å². The van der Waals surface area contributed by atoms with Gasteiger partial charge in [0.15, 0.2) is 0 Å². The molecule has 1 saturated carbocycles. The first-order valence-corrected chi connectivity index (χ1v) is 9.87. The quantitative estimate of drug-likeness (QED) is 0.797. The maximum Gasteiger partial charge on any atom is 0.239 e. The molecule has 2 amide bonds. The van der Waals surface area contributed by atoms with E-state index in [1.807, 2.05) is 18.7 Å². The van der Waals surface area contributed by atoms with Crippen LogP contribution in [-0.2, 0) is 9.59 Å². The Morgan fingerprint density at radius 2 is 1.92 bits per heavy atom. The van der Waals surface area contributed by atoms with E-state index in [1.165, 1.54) is 25.7 Å². The summed E-state index contributed by atoms with van der Waals surface area (Å²) in [4.78, 5) is 26.7. The predicted octanol–water partition coefficient (Wildman–Crippen LogP) is 2.34. The number of hydrogen-bond acceptors (Lipinski definition) is 3. The van der Waals surface area contributed by atoms with Crippen molar-refractivity contribution in [2.45, 2.75) is 70.9 Å². The zero-order valence-electron chi connectivity index (χ0n) is 15.6. The van der Waals surface area contributed by atoms with Gasteiger partial charge in [0.1, 0.15) is 0 Å². The SMILES string of the molecule is CC(C)C(=O)NCC1CCCN(C(=O)C2CC3CCCCC3N2)C1.Cl. The lowest BCUT2D eigenvalue weighted by Crippen LogP contribution is -2.50. The van der Waals surface area contributed by atoms with Gasteiger partial charge in [0.05, 0.1) is 6.04 Å². The van der Waals surface area contributed by atoms with Crippen molar-refractivity contribution in [1.82, 2.24) is 15.5 Å². The van der Waals surface area contributed by atoms with E-state index in [1.54, 1.807) is 0 Å². The molecule has 25 heavy (non-hydrogen) atoms. The Balaban J connectivity index is 0.00000225. The van der Waals surface area contributed by atoms with E-state index in [9.17, 15) is 9.59 Å². The van der Waals surface area contributed by atoms with Gasteiger partial charge in [-0.05, 0) is 43.9 Å². The van der Waals surface area contributed by atoms with E-state index in [0.717, 1.165) is 32.4 Å². The number of carbonyl (C=O) groups excluding carboxylic acids is 2. The number of piperidine rings is 1. The first-order valence-electron chi connectivity index (χ1n) is 9.87. The highest BCUT2D eigenvalue weighted by Crippen LogP contribution is 2.34. The van der Waals surface area contributed by atoms with E-state index in [0.29, 0.717) is 30.3 Å². The maximum absolute atomic E-state index is 12.9. The summed E-state index contributed by atoms with van der Waals surface area (Å²) in [5, 5.41) is 6.64. The lowest BCUT2D eigenvalue weighted by Gasteiger charge is -2.34. The van der Waals surface area contributed by atoms with E-state index >= 15 is 0 Å². The Kier molecular flexibility index (Phi) is 7.56. The van der Waals surface area contributed by atoms with Gasteiger partial charge in [-0.25, -0.2) is 0 Å². The zero-order valence-corrected chi connectivity index (χ0v) is 16.4. The molecule has 0 aromatic rings. The molecule has 5 nitrogen and oxygen atoms in total. The molecule has 3 rings (SSSR count). The largest absolute Gasteiger partial charge is 0.356 e. The van der Waals surface area contributed by atoms with Crippen LogP contribution < -0.4 is 10.6 Å². The van der Waals surface area contributed by atoms with Crippen LogP contribution >= 0.6 is 12.4 Å². The van der Waals surface area contributed by atoms with Crippen LogP contribution in [-0.4, -0.2) is 48.4 Å². The standard InChI is InChI=1S/C19H33N3O2.ClH/c1-13(2)18(23)20-11-14-6-5-9-22(12-14)19(24)17-10-15-7-3-4-8-16(15)21-17;/h13-17,21H,3-12H2,1-2H3,(H,20,23);1H. The molecule has 2 saturated heterocycles. The highest BCUT2D eigenvalue weighted by Gasteiger charge is 2.40. The van der Waals surface area contributed by atoms with Gasteiger partial charge >= 0.3 is 0 Å². The van der Waals surface area contributed by atoms with E-state index < -0.39 is 0 Å². The average Bonchev–Trinajstić information content (AvgIpc) is 3.03. The van der Waals surface area contributed by atoms with Crippen LogP contribution in [0.4, 0.5) is 0 Å². The third-order valence-corrected chi connectivity index (χ3v) is 6.08. The lowest BCUT2D eigenvalue weighted by atomic mass is 9.85. The smallest absolute Gasteiger partial charge is 0.239 e. The van der Waals surface area contributed by atoms with E-state index in [4.69, 9.17) is 0 Å². The van der Waals surface area contributed by atoms with Crippen molar-refractivity contribution in [1.29, 1.82) is 0 Å². The van der Waals surface area contributed by atoms with Gasteiger partial charge in [0.25, 0.3) is 0 Å². The number of likely N-dealkylation sites (tertiary alicyclic amines) is 1. The third-order valence-electron chi connectivity index (χ3n) is 6.08. The van der Waals surface area contributed by atoms with Crippen molar-refractivity contribution in [2.75, 3.05) is 19.6 Å². The molecule has 0 aromatic heterocycles. The molecule has 0 spiro atoms. The Hall–Kier alpha value is -0.810. The third kappa shape index (κ3) is 5.10. The fraction of sp³-hybridized carbons (Fsp3) is 0.895. The molecule has 2 N–H and O–H groups in total. The predicted molar refractivity (Wildman–Crippen MR) is 102 cm³/mol. The van der Waals surface area contributed by atoms with Gasteiger partial charge in [-0.3, -0.25) is 9.59 Å². The molecule has 0 bridgehead atoms. The second-order valence-electron chi connectivity index (χ2n) is 8.30. The number of nitrogens with zero attached hydrogens (tertiary/aromatic N) is 1. The molecular weight excluding hydrogens is 338 g/mol. The monoisotopic (exact) mass is 371 g/mol. The van der Waals surface area contributed by atoms with E-state index in [2.05, 4.69) is 10.6 Å². The summed E-state index contributed by atoms with van der Waals surface area (Å²) >= 11 is 0. The van der Waals surface area contributed by atoms with Gasteiger partial charge in [-0.2, -0.15) is 0 Å². The summed E-state index contributed by atoms with van der Waals surface area (Å²) in [6, 6.07) is 0.598. The summed E-state index contributed by atoms with van der Waals surface area (Å²) in [7, 11) is 0. The minimum Gasteiger partial charge on any atom is -0.356 e. The number of halogens is 1. The first-order chi connectivity index (χ1) is 11.5. The van der Waals surface area contributed by atoms with Crippen molar-refractivity contribution in [3.8, 4) is 0 Å². The fourth-order valence-electron chi connectivity index (χ4n) is 4.61. The molecule has 1 aliphatic carbocycles. The van der Waals surface area contributed by atoms with Crippen LogP contribution in [0, 0.1) is 17.8 Å². The highest BCUT2D eigenvalue weighted by molar-refractivity contribution is 5.85. The molecule has 3 fully saturated rings. The molecule has 0 aromatic carbocycles. The summed E-state index contributed by atoms with van der Waals surface area (Å²) in [6.45, 7) is 6.20. The molecule has 6 heteroatoms. The van der Waals surface area contributed by atoms with Crippen molar-refractivity contribution < 1.29 is 9.59 Å². The number of nitrogens with one attached hydrogen (secondary N) is 2. The molecule has 4 atom stereocenters. The first kappa shape index (κ1) is 20.5. The molecule has 2 heterocycles. The molecule has 0 radical (unpaired) electrons. The summed E-state index contributed by atoms with van der Waals surface area (Å²) < 4.78 is 0. The van der Waals surface area contributed by atoms with Crippen molar-refractivity contribution in [3.05, 3.63) is 0 Å².